The molecular formula is C28H47F3O2. The quantitative estimate of drug-likeness (QED) is 0.434. The molecule has 0 unspecified atom stereocenters. The van der Waals surface area contributed by atoms with E-state index in [0.29, 0.717) is 29.6 Å². The summed E-state index contributed by atoms with van der Waals surface area (Å²) in [6, 6.07) is 0. The fourth-order valence-corrected chi connectivity index (χ4v) is 9.67. The second-order valence-electron chi connectivity index (χ2n) is 13.9. The Balaban J connectivity index is 1.43. The van der Waals surface area contributed by atoms with Crippen molar-refractivity contribution >= 4 is 0 Å². The molecule has 0 saturated heterocycles. The van der Waals surface area contributed by atoms with Gasteiger partial charge in [0.15, 0.2) is 0 Å². The van der Waals surface area contributed by atoms with E-state index in [1.54, 1.807) is 0 Å². The van der Waals surface area contributed by atoms with Crippen LogP contribution in [-0.2, 0) is 0 Å². The number of aliphatic hydroxyl groups is 2. The predicted octanol–water partition coefficient (Wildman–Crippen LogP) is 7.52. The Morgan fingerprint density at radius 1 is 0.909 bits per heavy atom. The zero-order valence-corrected chi connectivity index (χ0v) is 21.5. The molecule has 0 radical (unpaired) electrons. The molecule has 4 aliphatic rings. The molecule has 5 heteroatoms. The van der Waals surface area contributed by atoms with Crippen LogP contribution in [0.4, 0.5) is 13.2 Å². The molecule has 0 bridgehead atoms. The molecule has 0 aromatic rings. The Morgan fingerprint density at radius 3 is 2.24 bits per heavy atom. The summed E-state index contributed by atoms with van der Waals surface area (Å²) in [5, 5.41) is 21.0. The molecule has 0 amide bonds. The molecule has 0 aliphatic heterocycles. The highest BCUT2D eigenvalue weighted by molar-refractivity contribution is 5.10. The normalized spacial score (nSPS) is 48.4. The molecule has 4 fully saturated rings. The van der Waals surface area contributed by atoms with E-state index in [0.717, 1.165) is 37.0 Å². The molecule has 2 nitrogen and oxygen atoms in total. The molecule has 4 aliphatic carbocycles. The highest BCUT2D eigenvalue weighted by Gasteiger charge is 2.61. The van der Waals surface area contributed by atoms with Crippen molar-refractivity contribution in [1.82, 2.24) is 0 Å². The third kappa shape index (κ3) is 4.88. The van der Waals surface area contributed by atoms with Gasteiger partial charge in [-0.1, -0.05) is 20.8 Å². The van der Waals surface area contributed by atoms with Gasteiger partial charge in [-0.2, -0.15) is 13.2 Å². The first kappa shape index (κ1) is 25.8. The number of hydrogen-bond donors (Lipinski definition) is 2. The SMILES string of the molecule is C[C@H](CC[C@@](C)(O)CC(F)(F)F)[C@H]1CC[C@H]2[C@@H]3CC[C@H]4C[C@@](C)(O)CC[C@]4(C)[C@H]3CC[C@]12C. The number of fused-ring (bicyclic) bond motifs is 5. The van der Waals surface area contributed by atoms with Crippen LogP contribution in [-0.4, -0.2) is 27.6 Å². The van der Waals surface area contributed by atoms with Gasteiger partial charge in [0.25, 0.3) is 0 Å². The topological polar surface area (TPSA) is 40.5 Å². The Kier molecular flexibility index (Phi) is 6.56. The Bertz CT molecular complexity index is 716. The van der Waals surface area contributed by atoms with E-state index >= 15 is 0 Å². The maximum absolute atomic E-state index is 12.8. The second-order valence-corrected chi connectivity index (χ2v) is 13.9. The highest BCUT2D eigenvalue weighted by atomic mass is 19.4. The predicted molar refractivity (Wildman–Crippen MR) is 126 cm³/mol. The van der Waals surface area contributed by atoms with Crippen molar-refractivity contribution in [2.45, 2.75) is 129 Å². The minimum absolute atomic E-state index is 0.219. The van der Waals surface area contributed by atoms with Gasteiger partial charge in [-0.25, -0.2) is 0 Å². The molecule has 2 N–H and O–H groups in total. The maximum atomic E-state index is 12.8. The van der Waals surface area contributed by atoms with E-state index in [1.165, 1.54) is 45.4 Å². The molecule has 33 heavy (non-hydrogen) atoms. The van der Waals surface area contributed by atoms with Crippen LogP contribution < -0.4 is 0 Å². The third-order valence-corrected chi connectivity index (χ3v) is 11.4. The summed E-state index contributed by atoms with van der Waals surface area (Å²) in [7, 11) is 0. The van der Waals surface area contributed by atoms with Crippen LogP contribution in [0.5, 0.6) is 0 Å². The average molecular weight is 473 g/mol. The van der Waals surface area contributed by atoms with Crippen LogP contribution >= 0.6 is 0 Å². The zero-order chi connectivity index (χ0) is 24.4. The summed E-state index contributed by atoms with van der Waals surface area (Å²) >= 11 is 0. The lowest BCUT2D eigenvalue weighted by Crippen LogP contribution is -2.55. The monoisotopic (exact) mass is 472 g/mol. The average Bonchev–Trinajstić information content (AvgIpc) is 3.02. The molecule has 0 heterocycles. The molecule has 0 aromatic heterocycles. The van der Waals surface area contributed by atoms with Crippen molar-refractivity contribution in [3.63, 3.8) is 0 Å². The van der Waals surface area contributed by atoms with Gasteiger partial charge in [0.2, 0.25) is 0 Å². The minimum atomic E-state index is -4.32. The highest BCUT2D eigenvalue weighted by Crippen LogP contribution is 2.69. The van der Waals surface area contributed by atoms with E-state index in [2.05, 4.69) is 20.8 Å². The van der Waals surface area contributed by atoms with E-state index < -0.39 is 23.8 Å². The fraction of sp³-hybridized carbons (Fsp3) is 1.00. The standard InChI is InChI=1S/C28H47F3O2/c1-18(10-12-25(3,33)17-28(29,30)31)21-8-9-22-20-7-6-19-16-24(2,32)14-15-26(19,4)23(20)11-13-27(21,22)5/h18-23,32-33H,6-17H2,1-5H3/t18-,19+,20+,21-,22+,23+,24+,25-,26+,27-/m1/s1. The second kappa shape index (κ2) is 8.39. The van der Waals surface area contributed by atoms with Crippen LogP contribution in [0.15, 0.2) is 0 Å². The number of alkyl halides is 3. The van der Waals surface area contributed by atoms with Gasteiger partial charge < -0.3 is 10.2 Å². The molecule has 4 saturated carbocycles. The smallest absolute Gasteiger partial charge is 0.390 e. The van der Waals surface area contributed by atoms with Gasteiger partial charge in [0, 0.05) is 0 Å². The summed E-state index contributed by atoms with van der Waals surface area (Å²) in [6.45, 7) is 10.6. The van der Waals surface area contributed by atoms with Crippen molar-refractivity contribution in [2.24, 2.45) is 46.3 Å². The molecule has 0 spiro atoms. The van der Waals surface area contributed by atoms with Crippen LogP contribution in [0.3, 0.4) is 0 Å². The molecule has 10 atom stereocenters. The van der Waals surface area contributed by atoms with Crippen molar-refractivity contribution in [1.29, 1.82) is 0 Å². The summed E-state index contributed by atoms with van der Waals surface area (Å²) in [5.41, 5.74) is -1.54. The fourth-order valence-electron chi connectivity index (χ4n) is 9.67. The first-order valence-corrected chi connectivity index (χ1v) is 13.6. The van der Waals surface area contributed by atoms with Crippen LogP contribution in [0.1, 0.15) is 112 Å². The zero-order valence-electron chi connectivity index (χ0n) is 21.5. The Hall–Kier alpha value is -0.290. The van der Waals surface area contributed by atoms with E-state index in [9.17, 15) is 23.4 Å². The van der Waals surface area contributed by atoms with Crippen LogP contribution in [0.25, 0.3) is 0 Å². The molecular weight excluding hydrogens is 425 g/mol. The molecule has 192 valence electrons. The largest absolute Gasteiger partial charge is 0.391 e. The number of rotatable bonds is 5. The van der Waals surface area contributed by atoms with E-state index in [4.69, 9.17) is 0 Å². The van der Waals surface area contributed by atoms with Crippen LogP contribution in [0.2, 0.25) is 0 Å². The van der Waals surface area contributed by atoms with Gasteiger partial charge in [0.1, 0.15) is 0 Å². The summed E-state index contributed by atoms with van der Waals surface area (Å²) in [6.07, 6.45) is 5.90. The molecule has 0 aromatic carbocycles. The summed E-state index contributed by atoms with van der Waals surface area (Å²) < 4.78 is 38.5. The van der Waals surface area contributed by atoms with Gasteiger partial charge in [-0.05, 0) is 131 Å². The van der Waals surface area contributed by atoms with Crippen molar-refractivity contribution in [2.75, 3.05) is 0 Å². The van der Waals surface area contributed by atoms with Crippen molar-refractivity contribution in [3.8, 4) is 0 Å². The van der Waals surface area contributed by atoms with E-state index in [-0.39, 0.29) is 11.8 Å². The van der Waals surface area contributed by atoms with Gasteiger partial charge in [-0.3, -0.25) is 0 Å². The maximum Gasteiger partial charge on any atom is 0.391 e. The Labute approximate surface area is 199 Å². The van der Waals surface area contributed by atoms with Crippen molar-refractivity contribution < 1.29 is 23.4 Å². The van der Waals surface area contributed by atoms with Crippen LogP contribution in [0, 0.1) is 46.3 Å². The number of halogens is 3. The minimum Gasteiger partial charge on any atom is -0.390 e. The van der Waals surface area contributed by atoms with Gasteiger partial charge >= 0.3 is 6.18 Å². The Morgan fingerprint density at radius 2 is 1.58 bits per heavy atom. The third-order valence-electron chi connectivity index (χ3n) is 11.4. The first-order valence-electron chi connectivity index (χ1n) is 13.6. The lowest BCUT2D eigenvalue weighted by molar-refractivity contribution is -0.174. The summed E-state index contributed by atoms with van der Waals surface area (Å²) in [4.78, 5) is 0. The van der Waals surface area contributed by atoms with Gasteiger partial charge in [-0.15, -0.1) is 0 Å². The first-order chi connectivity index (χ1) is 15.1. The van der Waals surface area contributed by atoms with Gasteiger partial charge in [0.05, 0.1) is 17.6 Å². The number of hydrogen-bond acceptors (Lipinski definition) is 2. The lowest BCUT2D eigenvalue weighted by Gasteiger charge is -2.62. The summed E-state index contributed by atoms with van der Waals surface area (Å²) in [5.74, 6) is 3.76. The van der Waals surface area contributed by atoms with E-state index in [1.807, 2.05) is 6.92 Å². The molecule has 4 rings (SSSR count). The lowest BCUT2D eigenvalue weighted by atomic mass is 9.43. The van der Waals surface area contributed by atoms with Crippen molar-refractivity contribution in [3.05, 3.63) is 0 Å².